The van der Waals surface area contributed by atoms with E-state index >= 15 is 4.39 Å². The number of carbonyl (C=O) groups is 1. The summed E-state index contributed by atoms with van der Waals surface area (Å²) in [5, 5.41) is 10.0. The highest BCUT2D eigenvalue weighted by molar-refractivity contribution is 5.94. The number of benzene rings is 1. The number of likely N-dealkylation sites (N-methyl/N-ethyl adjacent to an activating group) is 1. The highest BCUT2D eigenvalue weighted by atomic mass is 19.1. The predicted octanol–water partition coefficient (Wildman–Crippen LogP) is 4.30. The van der Waals surface area contributed by atoms with Gasteiger partial charge in [0.15, 0.2) is 5.82 Å². The largest absolute Gasteiger partial charge is 0.462 e. The Hall–Kier alpha value is -4.10. The number of rotatable bonds is 7. The minimum atomic E-state index is -0.422. The van der Waals surface area contributed by atoms with E-state index in [9.17, 15) is 10.1 Å². The maximum Gasteiger partial charge on any atom is 0.319 e. The minimum Gasteiger partial charge on any atom is -0.462 e. The van der Waals surface area contributed by atoms with Crippen LogP contribution in [0.25, 0.3) is 22.0 Å². The number of nitrogens with zero attached hydrogens (tertiary/aromatic N) is 7. The van der Waals surface area contributed by atoms with E-state index in [1.807, 2.05) is 17.2 Å². The number of pyridine rings is 1. The number of aryl methyl sites for hydroxylation is 1. The van der Waals surface area contributed by atoms with Gasteiger partial charge in [0.2, 0.25) is 5.91 Å². The quantitative estimate of drug-likeness (QED) is 0.389. The summed E-state index contributed by atoms with van der Waals surface area (Å²) < 4.78 is 22.7. The average Bonchev–Trinajstić information content (AvgIpc) is 3.44. The van der Waals surface area contributed by atoms with Crippen LogP contribution in [0.2, 0.25) is 0 Å². The van der Waals surface area contributed by atoms with Crippen molar-refractivity contribution in [3.8, 4) is 23.2 Å². The van der Waals surface area contributed by atoms with Crippen molar-refractivity contribution in [3.63, 3.8) is 0 Å². The first-order valence-corrected chi connectivity index (χ1v) is 14.8. The Morgan fingerprint density at radius 1 is 1.14 bits per heavy atom. The van der Waals surface area contributed by atoms with Crippen LogP contribution in [0, 0.1) is 17.1 Å². The zero-order valence-electron chi connectivity index (χ0n) is 24.1. The van der Waals surface area contributed by atoms with E-state index in [-0.39, 0.29) is 35.9 Å². The molecule has 6 rings (SSSR count). The van der Waals surface area contributed by atoms with Gasteiger partial charge in [-0.3, -0.25) is 9.78 Å². The molecule has 218 valence electrons. The summed E-state index contributed by atoms with van der Waals surface area (Å²) in [7, 11) is 2.08. The molecule has 9 nitrogen and oxygen atoms in total. The summed E-state index contributed by atoms with van der Waals surface area (Å²) in [6.45, 7) is 6.29. The second-order valence-corrected chi connectivity index (χ2v) is 11.5. The van der Waals surface area contributed by atoms with Crippen LogP contribution in [0.15, 0.2) is 37.2 Å². The van der Waals surface area contributed by atoms with Crippen molar-refractivity contribution in [2.24, 2.45) is 0 Å². The van der Waals surface area contributed by atoms with Gasteiger partial charge in [0, 0.05) is 54.6 Å². The molecule has 1 aliphatic carbocycles. The first kappa shape index (κ1) is 28.0. The molecular formula is C32H36FN7O2. The molecule has 10 heteroatoms. The van der Waals surface area contributed by atoms with E-state index in [4.69, 9.17) is 9.72 Å². The molecule has 2 aliphatic heterocycles. The number of hydrogen-bond donors (Lipinski definition) is 0. The molecule has 1 aromatic carbocycles. The van der Waals surface area contributed by atoms with E-state index in [1.165, 1.54) is 11.6 Å². The lowest BCUT2D eigenvalue weighted by atomic mass is 9.87. The lowest BCUT2D eigenvalue weighted by molar-refractivity contribution is -0.128. The SMILES string of the molecule is C=CC(=O)N1CCN(c2nc(OC[C@@H]3CCCN3C)nc3c(F)c(-c4cncc5c4CCCC5)ccc23)C[C@@H]1CC#N. The van der Waals surface area contributed by atoms with Crippen LogP contribution in [0.5, 0.6) is 6.01 Å². The smallest absolute Gasteiger partial charge is 0.319 e. The van der Waals surface area contributed by atoms with Gasteiger partial charge in [-0.15, -0.1) is 0 Å². The van der Waals surface area contributed by atoms with E-state index in [2.05, 4.69) is 34.6 Å². The predicted molar refractivity (Wildman–Crippen MR) is 159 cm³/mol. The number of amides is 1. The van der Waals surface area contributed by atoms with Crippen molar-refractivity contribution in [3.05, 3.63) is 54.1 Å². The normalized spacial score (nSPS) is 20.8. The van der Waals surface area contributed by atoms with Gasteiger partial charge < -0.3 is 19.4 Å². The van der Waals surface area contributed by atoms with Crippen molar-refractivity contribution >= 4 is 22.6 Å². The summed E-state index contributed by atoms with van der Waals surface area (Å²) >= 11 is 0. The maximum absolute atomic E-state index is 16.6. The molecule has 0 unspecified atom stereocenters. The fourth-order valence-electron chi connectivity index (χ4n) is 6.63. The number of halogens is 1. The van der Waals surface area contributed by atoms with Crippen molar-refractivity contribution in [2.45, 2.75) is 57.0 Å². The molecule has 4 heterocycles. The molecule has 2 saturated heterocycles. The maximum atomic E-state index is 16.6. The third kappa shape index (κ3) is 5.29. The Bertz CT molecular complexity index is 1550. The first-order valence-electron chi connectivity index (χ1n) is 14.8. The topological polar surface area (TPSA) is 98.5 Å². The summed E-state index contributed by atoms with van der Waals surface area (Å²) in [6, 6.07) is 5.91. The van der Waals surface area contributed by atoms with Crippen LogP contribution in [0.3, 0.4) is 0 Å². The molecular weight excluding hydrogens is 533 g/mol. The molecule has 0 bridgehead atoms. The summed E-state index contributed by atoms with van der Waals surface area (Å²) in [4.78, 5) is 32.3. The van der Waals surface area contributed by atoms with Crippen molar-refractivity contribution < 1.29 is 13.9 Å². The Morgan fingerprint density at radius 3 is 2.79 bits per heavy atom. The van der Waals surface area contributed by atoms with Crippen molar-refractivity contribution in [2.75, 3.05) is 44.7 Å². The van der Waals surface area contributed by atoms with Gasteiger partial charge in [-0.2, -0.15) is 15.2 Å². The number of ether oxygens (including phenoxy) is 1. The molecule has 2 fully saturated rings. The Labute approximate surface area is 245 Å². The number of hydrogen-bond acceptors (Lipinski definition) is 8. The number of fused-ring (bicyclic) bond motifs is 2. The van der Waals surface area contributed by atoms with Crippen molar-refractivity contribution in [1.82, 2.24) is 24.8 Å². The van der Waals surface area contributed by atoms with Crippen LogP contribution in [-0.4, -0.2) is 82.6 Å². The van der Waals surface area contributed by atoms with Crippen LogP contribution < -0.4 is 9.64 Å². The molecule has 0 N–H and O–H groups in total. The Kier molecular flexibility index (Phi) is 8.02. The summed E-state index contributed by atoms with van der Waals surface area (Å²) in [6.07, 6.45) is 11.3. The summed E-state index contributed by atoms with van der Waals surface area (Å²) in [5.41, 5.74) is 3.83. The number of aromatic nitrogens is 3. The van der Waals surface area contributed by atoms with Crippen LogP contribution in [-0.2, 0) is 17.6 Å². The fourth-order valence-corrected chi connectivity index (χ4v) is 6.63. The lowest BCUT2D eigenvalue weighted by Gasteiger charge is -2.41. The number of carbonyl (C=O) groups excluding carboxylic acids is 1. The second-order valence-electron chi connectivity index (χ2n) is 11.5. The molecule has 0 saturated carbocycles. The van der Waals surface area contributed by atoms with Gasteiger partial charge >= 0.3 is 6.01 Å². The molecule has 0 radical (unpaired) electrons. The minimum absolute atomic E-state index is 0.128. The lowest BCUT2D eigenvalue weighted by Crippen LogP contribution is -2.55. The highest BCUT2D eigenvalue weighted by Crippen LogP contribution is 2.37. The van der Waals surface area contributed by atoms with E-state index in [1.54, 1.807) is 17.2 Å². The van der Waals surface area contributed by atoms with Crippen LogP contribution >= 0.6 is 0 Å². The van der Waals surface area contributed by atoms with Gasteiger partial charge in [0.1, 0.15) is 17.9 Å². The Morgan fingerprint density at radius 2 is 2.00 bits per heavy atom. The van der Waals surface area contributed by atoms with E-state index in [0.717, 1.165) is 56.2 Å². The first-order chi connectivity index (χ1) is 20.5. The van der Waals surface area contributed by atoms with Gasteiger partial charge in [0.25, 0.3) is 0 Å². The zero-order chi connectivity index (χ0) is 29.2. The van der Waals surface area contributed by atoms with E-state index < -0.39 is 5.82 Å². The monoisotopic (exact) mass is 569 g/mol. The third-order valence-corrected chi connectivity index (χ3v) is 8.97. The van der Waals surface area contributed by atoms with Gasteiger partial charge in [-0.05, 0) is 75.4 Å². The van der Waals surface area contributed by atoms with Crippen LogP contribution in [0.4, 0.5) is 10.2 Å². The van der Waals surface area contributed by atoms with Gasteiger partial charge in [-0.1, -0.05) is 12.6 Å². The molecule has 2 aromatic heterocycles. The Balaban J connectivity index is 1.42. The standard InChI is InChI=1S/C32H36FN7O2/c1-3-28(41)40-16-15-39(19-22(40)12-13-34)31-26-11-10-25(27-18-35-17-21-7-4-5-9-24(21)27)29(33)30(26)36-32(37-31)42-20-23-8-6-14-38(23)2/h3,10-11,17-18,22-23H,1,4-9,12,14-16,19-20H2,2H3/t22-,23-/m0/s1. The number of anilines is 1. The third-order valence-electron chi connectivity index (χ3n) is 8.97. The molecule has 3 aliphatic rings. The number of nitriles is 1. The number of piperazine rings is 1. The molecule has 2 atom stereocenters. The average molecular weight is 570 g/mol. The van der Waals surface area contributed by atoms with Crippen molar-refractivity contribution in [1.29, 1.82) is 5.26 Å². The molecule has 0 spiro atoms. The van der Waals surface area contributed by atoms with E-state index in [0.29, 0.717) is 43.0 Å². The molecule has 42 heavy (non-hydrogen) atoms. The molecule has 1 amide bonds. The molecule has 3 aromatic rings. The number of likely N-dealkylation sites (tertiary alicyclic amines) is 1. The highest BCUT2D eigenvalue weighted by Gasteiger charge is 2.32. The zero-order valence-corrected chi connectivity index (χ0v) is 24.1. The second kappa shape index (κ2) is 12.0. The van der Waals surface area contributed by atoms with Gasteiger partial charge in [-0.25, -0.2) is 4.39 Å². The summed E-state index contributed by atoms with van der Waals surface area (Å²) in [5.74, 6) is -0.0847. The fraction of sp³-hybridized carbons (Fsp3) is 0.469. The van der Waals surface area contributed by atoms with Gasteiger partial charge in [0.05, 0.1) is 18.5 Å². The van der Waals surface area contributed by atoms with Crippen LogP contribution in [0.1, 0.15) is 43.2 Å².